The molecule has 2 aromatic carbocycles. The number of carbonyl (C=O) groups is 2. The third-order valence-electron chi connectivity index (χ3n) is 8.18. The van der Waals surface area contributed by atoms with Crippen LogP contribution >= 0.6 is 0 Å². The molecule has 1 heterocycles. The second kappa shape index (κ2) is 12.7. The zero-order valence-corrected chi connectivity index (χ0v) is 24.2. The van der Waals surface area contributed by atoms with Crippen LogP contribution < -0.4 is 4.90 Å². The average Bonchev–Trinajstić information content (AvgIpc) is 3.45. The maximum Gasteiger partial charge on any atom is 0.247 e. The SMILES string of the molecule is CN(C)c1ccc2c(S(=O)(=O)N(C)CN(O)C(=O)C[C@@H](CC3CCCC3)C(=O)N3CCCCC3)cccc2c1. The topological polar surface area (TPSA) is 101 Å². The molecule has 9 nitrogen and oxygen atoms in total. The lowest BCUT2D eigenvalue weighted by molar-refractivity contribution is -0.172. The van der Waals surface area contributed by atoms with Gasteiger partial charge < -0.3 is 9.80 Å². The Labute approximate surface area is 232 Å². The smallest absolute Gasteiger partial charge is 0.247 e. The lowest BCUT2D eigenvalue weighted by atomic mass is 9.89. The molecule has 1 atom stereocenters. The number of hydrogen-bond donors (Lipinski definition) is 1. The number of piperidine rings is 1. The van der Waals surface area contributed by atoms with Gasteiger partial charge in [0.05, 0.1) is 4.90 Å². The number of benzene rings is 2. The van der Waals surface area contributed by atoms with Crippen molar-refractivity contribution >= 4 is 38.3 Å². The third-order valence-corrected chi connectivity index (χ3v) is 10.0. The van der Waals surface area contributed by atoms with E-state index in [1.54, 1.807) is 12.1 Å². The number of hydrogen-bond acceptors (Lipinski definition) is 6. The van der Waals surface area contributed by atoms with Gasteiger partial charge in [-0.25, -0.2) is 13.5 Å². The Kier molecular flexibility index (Phi) is 9.51. The Morgan fingerprint density at radius 3 is 2.36 bits per heavy atom. The van der Waals surface area contributed by atoms with Crippen LogP contribution in [0.4, 0.5) is 5.69 Å². The van der Waals surface area contributed by atoms with Crippen molar-refractivity contribution < 1.29 is 23.2 Å². The molecule has 1 N–H and O–H groups in total. The van der Waals surface area contributed by atoms with E-state index < -0.39 is 28.5 Å². The van der Waals surface area contributed by atoms with Crippen LogP contribution in [-0.2, 0) is 19.6 Å². The molecule has 0 unspecified atom stereocenters. The highest BCUT2D eigenvalue weighted by Gasteiger charge is 2.33. The van der Waals surface area contributed by atoms with Crippen molar-refractivity contribution in [3.05, 3.63) is 36.4 Å². The Hall–Kier alpha value is -2.69. The van der Waals surface area contributed by atoms with Gasteiger partial charge in [-0.15, -0.1) is 0 Å². The summed E-state index contributed by atoms with van der Waals surface area (Å²) in [5.74, 6) is -0.749. The summed E-state index contributed by atoms with van der Waals surface area (Å²) in [5, 5.41) is 12.4. The molecule has 214 valence electrons. The molecule has 1 saturated heterocycles. The van der Waals surface area contributed by atoms with Gasteiger partial charge in [-0.1, -0.05) is 43.9 Å². The van der Waals surface area contributed by atoms with Crippen molar-refractivity contribution in [1.82, 2.24) is 14.3 Å². The molecule has 1 aliphatic carbocycles. The normalized spacial score (nSPS) is 17.5. The van der Waals surface area contributed by atoms with Gasteiger partial charge in [0.15, 0.2) is 0 Å². The van der Waals surface area contributed by atoms with E-state index in [9.17, 15) is 23.2 Å². The molecule has 0 radical (unpaired) electrons. The summed E-state index contributed by atoms with van der Waals surface area (Å²) in [7, 11) is 1.16. The van der Waals surface area contributed by atoms with Crippen LogP contribution in [0.25, 0.3) is 10.8 Å². The van der Waals surface area contributed by atoms with Gasteiger partial charge in [0.1, 0.15) is 6.67 Å². The molecule has 0 spiro atoms. The molecule has 4 rings (SSSR count). The van der Waals surface area contributed by atoms with Crippen LogP contribution in [0, 0.1) is 11.8 Å². The van der Waals surface area contributed by atoms with Crippen LogP contribution in [0.15, 0.2) is 41.3 Å². The molecule has 2 fully saturated rings. The Balaban J connectivity index is 1.46. The minimum absolute atomic E-state index is 0.0165. The van der Waals surface area contributed by atoms with Crippen molar-refractivity contribution in [2.45, 2.75) is 62.7 Å². The van der Waals surface area contributed by atoms with Crippen molar-refractivity contribution in [3.8, 4) is 0 Å². The fourth-order valence-corrected chi connectivity index (χ4v) is 7.18. The number of fused-ring (bicyclic) bond motifs is 1. The van der Waals surface area contributed by atoms with Gasteiger partial charge >= 0.3 is 0 Å². The minimum atomic E-state index is -4.02. The fraction of sp³-hybridized carbons (Fsp3) is 0.586. The Morgan fingerprint density at radius 1 is 1.00 bits per heavy atom. The number of hydroxylamine groups is 2. The van der Waals surface area contributed by atoms with E-state index >= 15 is 0 Å². The van der Waals surface area contributed by atoms with Crippen molar-refractivity contribution in [1.29, 1.82) is 0 Å². The maximum atomic E-state index is 13.5. The molecule has 39 heavy (non-hydrogen) atoms. The first-order chi connectivity index (χ1) is 18.6. The zero-order chi connectivity index (χ0) is 28.2. The summed E-state index contributed by atoms with van der Waals surface area (Å²) >= 11 is 0. The molecule has 2 amide bonds. The predicted molar refractivity (Wildman–Crippen MR) is 152 cm³/mol. The first kappa shape index (κ1) is 29.3. The first-order valence-electron chi connectivity index (χ1n) is 14.0. The highest BCUT2D eigenvalue weighted by molar-refractivity contribution is 7.89. The largest absolute Gasteiger partial charge is 0.378 e. The summed E-state index contributed by atoms with van der Waals surface area (Å²) in [6.45, 7) is 0.888. The van der Waals surface area contributed by atoms with Crippen LogP contribution in [0.1, 0.15) is 57.8 Å². The highest BCUT2D eigenvalue weighted by Crippen LogP contribution is 2.33. The summed E-state index contributed by atoms with van der Waals surface area (Å²) in [6, 6.07) is 10.6. The van der Waals surface area contributed by atoms with E-state index in [-0.39, 0.29) is 17.2 Å². The molecule has 1 aliphatic heterocycles. The van der Waals surface area contributed by atoms with Crippen molar-refractivity contribution in [2.75, 3.05) is 45.8 Å². The van der Waals surface area contributed by atoms with Gasteiger partial charge in [-0.2, -0.15) is 4.31 Å². The second-order valence-electron chi connectivity index (χ2n) is 11.3. The second-order valence-corrected chi connectivity index (χ2v) is 13.3. The van der Waals surface area contributed by atoms with Gasteiger partial charge in [-0.3, -0.25) is 14.8 Å². The van der Waals surface area contributed by atoms with Crippen LogP contribution in [-0.4, -0.2) is 80.6 Å². The van der Waals surface area contributed by atoms with E-state index in [2.05, 4.69) is 0 Å². The molecule has 2 aliphatic rings. The molecular weight excluding hydrogens is 516 g/mol. The average molecular weight is 559 g/mol. The molecular formula is C29H42N4O5S. The highest BCUT2D eigenvalue weighted by atomic mass is 32.2. The number of carbonyl (C=O) groups excluding carboxylic acids is 2. The van der Waals surface area contributed by atoms with E-state index in [0.29, 0.717) is 35.9 Å². The lowest BCUT2D eigenvalue weighted by Gasteiger charge is -2.32. The molecule has 0 aromatic heterocycles. The van der Waals surface area contributed by atoms with Crippen molar-refractivity contribution in [2.24, 2.45) is 11.8 Å². The molecule has 0 bridgehead atoms. The number of likely N-dealkylation sites (tertiary alicyclic amines) is 1. The van der Waals surface area contributed by atoms with Gasteiger partial charge in [0, 0.05) is 57.6 Å². The first-order valence-corrected chi connectivity index (χ1v) is 15.5. The lowest BCUT2D eigenvalue weighted by Crippen LogP contribution is -2.44. The monoisotopic (exact) mass is 558 g/mol. The van der Waals surface area contributed by atoms with Crippen LogP contribution in [0.3, 0.4) is 0 Å². The van der Waals surface area contributed by atoms with Gasteiger partial charge in [0.25, 0.3) is 0 Å². The summed E-state index contributed by atoms with van der Waals surface area (Å²) < 4.78 is 28.0. The predicted octanol–water partition coefficient (Wildman–Crippen LogP) is 4.30. The fourth-order valence-electron chi connectivity index (χ4n) is 5.86. The number of rotatable bonds is 10. The summed E-state index contributed by atoms with van der Waals surface area (Å²) in [4.78, 5) is 30.4. The van der Waals surface area contributed by atoms with Crippen LogP contribution in [0.5, 0.6) is 0 Å². The molecule has 2 aromatic rings. The molecule has 1 saturated carbocycles. The molecule has 10 heteroatoms. The van der Waals surface area contributed by atoms with Crippen LogP contribution in [0.2, 0.25) is 0 Å². The quantitative estimate of drug-likeness (QED) is 0.265. The van der Waals surface area contributed by atoms with Gasteiger partial charge in [-0.05, 0) is 55.2 Å². The zero-order valence-electron chi connectivity index (χ0n) is 23.4. The van der Waals surface area contributed by atoms with E-state index in [0.717, 1.165) is 60.3 Å². The summed E-state index contributed by atoms with van der Waals surface area (Å²) in [5.41, 5.74) is 0.948. The number of sulfonamides is 1. The standard InChI is InChI=1S/C29H42N4O5S/c1-30(2)25-14-15-26-23(19-25)12-9-13-27(26)39(37,38)31(3)21-33(36)28(34)20-24(18-22-10-5-6-11-22)29(35)32-16-7-4-8-17-32/h9,12-15,19,22,24,36H,4-8,10-11,16-18,20-21H2,1-3H3/t24-/m1/s1. The van der Waals surface area contributed by atoms with Crippen molar-refractivity contribution in [3.63, 3.8) is 0 Å². The van der Waals surface area contributed by atoms with E-state index in [1.165, 1.54) is 13.1 Å². The summed E-state index contributed by atoms with van der Waals surface area (Å²) in [6.07, 6.45) is 7.95. The van der Waals surface area contributed by atoms with Gasteiger partial charge in [0.2, 0.25) is 21.8 Å². The Morgan fingerprint density at radius 2 is 1.69 bits per heavy atom. The maximum absolute atomic E-state index is 13.5. The minimum Gasteiger partial charge on any atom is -0.378 e. The number of anilines is 1. The number of nitrogens with zero attached hydrogens (tertiary/aromatic N) is 4. The number of amides is 2. The Bertz CT molecular complexity index is 1270. The third kappa shape index (κ3) is 6.91. The van der Waals surface area contributed by atoms with E-state index in [1.807, 2.05) is 42.1 Å². The van der Waals surface area contributed by atoms with E-state index in [4.69, 9.17) is 0 Å².